The molecule has 0 spiro atoms. The van der Waals surface area contributed by atoms with Gasteiger partial charge in [0.25, 0.3) is 0 Å². The number of piperazine rings is 1. The average molecular weight is 341 g/mol. The molecule has 1 aromatic heterocycles. The fourth-order valence-electron chi connectivity index (χ4n) is 2.84. The van der Waals surface area contributed by atoms with Gasteiger partial charge in [0.1, 0.15) is 0 Å². The van der Waals surface area contributed by atoms with E-state index in [0.29, 0.717) is 0 Å². The van der Waals surface area contributed by atoms with Crippen LogP contribution in [0.15, 0.2) is 41.8 Å². The van der Waals surface area contributed by atoms with Crippen LogP contribution in [0, 0.1) is 6.92 Å². The van der Waals surface area contributed by atoms with Crippen LogP contribution in [0.3, 0.4) is 0 Å². The Morgan fingerprint density at radius 3 is 2.62 bits per heavy atom. The van der Waals surface area contributed by atoms with Crippen molar-refractivity contribution in [3.05, 3.63) is 58.1 Å². The average Bonchev–Trinajstić information content (AvgIpc) is 3.04. The number of amides is 1. The molecule has 1 aromatic carbocycles. The smallest absolute Gasteiger partial charge is 0.246 e. The van der Waals surface area contributed by atoms with E-state index in [4.69, 9.17) is 0 Å². The van der Waals surface area contributed by atoms with Gasteiger partial charge in [0, 0.05) is 44.2 Å². The third-order valence-electron chi connectivity index (χ3n) is 4.28. The van der Waals surface area contributed by atoms with Crippen LogP contribution < -0.4 is 0 Å². The van der Waals surface area contributed by atoms with Crippen molar-refractivity contribution in [3.8, 4) is 0 Å². The van der Waals surface area contributed by atoms with Crippen LogP contribution in [-0.4, -0.2) is 53.4 Å². The van der Waals surface area contributed by atoms with Crippen molar-refractivity contribution in [2.45, 2.75) is 13.3 Å². The Morgan fingerprint density at radius 2 is 1.96 bits per heavy atom. The number of aryl methyl sites for hydroxylation is 1. The lowest BCUT2D eigenvalue weighted by Gasteiger charge is -2.34. The molecule has 1 amide bonds. The molecule has 0 saturated carbocycles. The molecule has 3 rings (SSSR count). The molecule has 1 aliphatic heterocycles. The number of hydrogen-bond acceptors (Lipinski definition) is 4. The molecule has 2 heterocycles. The zero-order valence-corrected chi connectivity index (χ0v) is 14.8. The van der Waals surface area contributed by atoms with Gasteiger partial charge in [-0.3, -0.25) is 9.69 Å². The molecule has 0 unspecified atom stereocenters. The van der Waals surface area contributed by atoms with E-state index in [1.165, 1.54) is 5.56 Å². The maximum absolute atomic E-state index is 12.3. The fraction of sp³-hybridized carbons (Fsp3) is 0.368. The Balaban J connectivity index is 1.43. The van der Waals surface area contributed by atoms with Crippen LogP contribution in [0.2, 0.25) is 0 Å². The van der Waals surface area contributed by atoms with Crippen LogP contribution in [0.1, 0.15) is 16.3 Å². The molecule has 1 fully saturated rings. The lowest BCUT2D eigenvalue weighted by atomic mass is 10.1. The number of thiazole rings is 1. The number of hydrogen-bond donors (Lipinski definition) is 0. The Morgan fingerprint density at radius 1 is 1.21 bits per heavy atom. The molecule has 2 aromatic rings. The Labute approximate surface area is 147 Å². The summed E-state index contributed by atoms with van der Waals surface area (Å²) >= 11 is 1.60. The Kier molecular flexibility index (Phi) is 5.77. The summed E-state index contributed by atoms with van der Waals surface area (Å²) in [7, 11) is 0. The lowest BCUT2D eigenvalue weighted by Crippen LogP contribution is -2.48. The zero-order valence-electron chi connectivity index (χ0n) is 14.0. The van der Waals surface area contributed by atoms with Gasteiger partial charge in [-0.1, -0.05) is 30.3 Å². The molecule has 24 heavy (non-hydrogen) atoms. The molecule has 0 bridgehead atoms. The fourth-order valence-corrected chi connectivity index (χ4v) is 3.42. The topological polar surface area (TPSA) is 36.4 Å². The minimum Gasteiger partial charge on any atom is -0.337 e. The van der Waals surface area contributed by atoms with Crippen LogP contribution in [0.25, 0.3) is 6.08 Å². The minimum atomic E-state index is 0.0864. The second kappa shape index (κ2) is 8.22. The summed E-state index contributed by atoms with van der Waals surface area (Å²) in [4.78, 5) is 21.0. The monoisotopic (exact) mass is 341 g/mol. The quantitative estimate of drug-likeness (QED) is 0.785. The maximum atomic E-state index is 12.3. The molecule has 126 valence electrons. The van der Waals surface area contributed by atoms with Crippen molar-refractivity contribution < 1.29 is 4.79 Å². The predicted octanol–water partition coefficient (Wildman–Crippen LogP) is 2.85. The van der Waals surface area contributed by atoms with E-state index in [0.717, 1.165) is 49.8 Å². The molecule has 4 nitrogen and oxygen atoms in total. The second-order valence-electron chi connectivity index (χ2n) is 6.03. The first kappa shape index (κ1) is 16.9. The number of carbonyl (C=O) groups is 1. The van der Waals surface area contributed by atoms with E-state index in [2.05, 4.69) is 34.1 Å². The first-order chi connectivity index (χ1) is 11.7. The van der Waals surface area contributed by atoms with Crippen molar-refractivity contribution in [3.63, 3.8) is 0 Å². The first-order valence-corrected chi connectivity index (χ1v) is 9.24. The molecular weight excluding hydrogens is 318 g/mol. The van der Waals surface area contributed by atoms with Gasteiger partial charge in [0.2, 0.25) is 5.91 Å². The number of rotatable bonds is 5. The van der Waals surface area contributed by atoms with E-state index in [1.54, 1.807) is 17.4 Å². The summed E-state index contributed by atoms with van der Waals surface area (Å²) in [6.45, 7) is 6.52. The maximum Gasteiger partial charge on any atom is 0.246 e. The van der Waals surface area contributed by atoms with Gasteiger partial charge in [-0.2, -0.15) is 0 Å². The number of benzene rings is 1. The highest BCUT2D eigenvalue weighted by Crippen LogP contribution is 2.10. The number of carbonyl (C=O) groups excluding carboxylic acids is 1. The van der Waals surface area contributed by atoms with E-state index in [1.807, 2.05) is 29.3 Å². The van der Waals surface area contributed by atoms with Crippen LogP contribution in [-0.2, 0) is 11.2 Å². The van der Waals surface area contributed by atoms with E-state index in [-0.39, 0.29) is 5.91 Å². The Bertz CT molecular complexity index is 688. The van der Waals surface area contributed by atoms with Crippen molar-refractivity contribution in [1.82, 2.24) is 14.8 Å². The predicted molar refractivity (Wildman–Crippen MR) is 99.1 cm³/mol. The molecule has 1 saturated heterocycles. The van der Waals surface area contributed by atoms with Gasteiger partial charge in [-0.15, -0.1) is 11.3 Å². The van der Waals surface area contributed by atoms with Gasteiger partial charge in [-0.05, 0) is 25.0 Å². The van der Waals surface area contributed by atoms with Crippen LogP contribution in [0.5, 0.6) is 0 Å². The zero-order chi connectivity index (χ0) is 16.8. The van der Waals surface area contributed by atoms with Crippen LogP contribution in [0.4, 0.5) is 0 Å². The van der Waals surface area contributed by atoms with Crippen molar-refractivity contribution in [1.29, 1.82) is 0 Å². The van der Waals surface area contributed by atoms with Gasteiger partial charge >= 0.3 is 0 Å². The summed E-state index contributed by atoms with van der Waals surface area (Å²) in [6.07, 6.45) is 4.53. The SMILES string of the molecule is Cc1nc(/C=C/C(=O)N2CCN(CCc3ccccc3)CC2)cs1. The highest BCUT2D eigenvalue weighted by molar-refractivity contribution is 7.09. The molecule has 1 aliphatic rings. The van der Waals surface area contributed by atoms with Gasteiger partial charge < -0.3 is 4.90 Å². The molecule has 0 N–H and O–H groups in total. The number of aromatic nitrogens is 1. The van der Waals surface area contributed by atoms with E-state index < -0.39 is 0 Å². The third kappa shape index (κ3) is 4.76. The summed E-state index contributed by atoms with van der Waals surface area (Å²) in [5.41, 5.74) is 2.24. The van der Waals surface area contributed by atoms with E-state index in [9.17, 15) is 4.79 Å². The summed E-state index contributed by atoms with van der Waals surface area (Å²) in [6, 6.07) is 10.6. The summed E-state index contributed by atoms with van der Waals surface area (Å²) in [5, 5.41) is 3.00. The highest BCUT2D eigenvalue weighted by atomic mass is 32.1. The van der Waals surface area contributed by atoms with Gasteiger partial charge in [0.15, 0.2) is 0 Å². The summed E-state index contributed by atoms with van der Waals surface area (Å²) in [5.74, 6) is 0.0864. The summed E-state index contributed by atoms with van der Waals surface area (Å²) < 4.78 is 0. The minimum absolute atomic E-state index is 0.0864. The van der Waals surface area contributed by atoms with Gasteiger partial charge in [-0.25, -0.2) is 4.98 Å². The second-order valence-corrected chi connectivity index (χ2v) is 7.09. The van der Waals surface area contributed by atoms with E-state index >= 15 is 0 Å². The lowest BCUT2D eigenvalue weighted by molar-refractivity contribution is -0.127. The third-order valence-corrected chi connectivity index (χ3v) is 5.07. The highest BCUT2D eigenvalue weighted by Gasteiger charge is 2.19. The van der Waals surface area contributed by atoms with Gasteiger partial charge in [0.05, 0.1) is 10.7 Å². The molecule has 0 atom stereocenters. The molecular formula is C19H23N3OS. The van der Waals surface area contributed by atoms with Crippen molar-refractivity contribution >= 4 is 23.3 Å². The normalized spacial score (nSPS) is 16.0. The largest absolute Gasteiger partial charge is 0.337 e. The van der Waals surface area contributed by atoms with Crippen molar-refractivity contribution in [2.75, 3.05) is 32.7 Å². The Hall–Kier alpha value is -1.98. The van der Waals surface area contributed by atoms with Crippen LogP contribution >= 0.6 is 11.3 Å². The number of nitrogens with zero attached hydrogens (tertiary/aromatic N) is 3. The van der Waals surface area contributed by atoms with Crippen molar-refractivity contribution in [2.24, 2.45) is 0 Å². The molecule has 0 radical (unpaired) electrons. The molecule has 0 aliphatic carbocycles. The molecule has 5 heteroatoms. The standard InChI is InChI=1S/C19H23N3OS/c1-16-20-18(15-24-16)7-8-19(23)22-13-11-21(12-14-22)10-9-17-5-3-2-4-6-17/h2-8,15H,9-14H2,1H3/b8-7+. The first-order valence-electron chi connectivity index (χ1n) is 8.36.